The molecule has 0 spiro atoms. The van der Waals surface area contributed by atoms with Gasteiger partial charge in [0.1, 0.15) is 0 Å². The third kappa shape index (κ3) is 2.70. The Hall–Kier alpha value is -1.71. The maximum absolute atomic E-state index is 12.2. The molecule has 0 aromatic heterocycles. The largest absolute Gasteiger partial charge is 0.505 e. The van der Waals surface area contributed by atoms with Crippen molar-refractivity contribution in [1.29, 1.82) is 0 Å². The molecule has 0 unspecified atom stereocenters. The summed E-state index contributed by atoms with van der Waals surface area (Å²) in [4.78, 5) is 13.8. The topological polar surface area (TPSA) is 66.6 Å². The maximum Gasteiger partial charge on any atom is 0.257 e. The molecule has 0 saturated carbocycles. The highest BCUT2D eigenvalue weighted by Crippen LogP contribution is 2.26. The summed E-state index contributed by atoms with van der Waals surface area (Å²) in [5.74, 6) is -0.321. The lowest BCUT2D eigenvalue weighted by Crippen LogP contribution is -2.36. The maximum atomic E-state index is 12.2. The van der Waals surface area contributed by atoms with Gasteiger partial charge >= 0.3 is 0 Å². The minimum absolute atomic E-state index is 0.129. The number of benzene rings is 1. The minimum Gasteiger partial charge on any atom is -0.505 e. The second kappa shape index (κ2) is 5.57. The van der Waals surface area contributed by atoms with Crippen LogP contribution in [0.1, 0.15) is 37.0 Å². The zero-order chi connectivity index (χ0) is 13.0. The Morgan fingerprint density at radius 2 is 2.00 bits per heavy atom. The molecule has 4 heteroatoms. The second-order valence-corrected chi connectivity index (χ2v) is 4.13. The number of para-hydroxylation sites is 1. The summed E-state index contributed by atoms with van der Waals surface area (Å²) in [6.45, 7) is 4.08. The number of carbonyl (C=O) groups excluding carboxylic acids is 1. The van der Waals surface area contributed by atoms with Crippen LogP contribution < -0.4 is 5.73 Å². The van der Waals surface area contributed by atoms with E-state index in [4.69, 9.17) is 5.73 Å². The number of hydrogen-bond donors (Lipinski definition) is 2. The first kappa shape index (κ1) is 13.4. The highest BCUT2D eigenvalue weighted by Gasteiger charge is 2.21. The van der Waals surface area contributed by atoms with E-state index in [2.05, 4.69) is 0 Å². The predicted octanol–water partition coefficient (Wildman–Crippen LogP) is 2.23. The van der Waals surface area contributed by atoms with Gasteiger partial charge in [-0.05, 0) is 25.0 Å². The summed E-state index contributed by atoms with van der Waals surface area (Å²) in [6.07, 6.45) is 1.78. The van der Waals surface area contributed by atoms with Crippen LogP contribution in [0, 0.1) is 0 Å². The van der Waals surface area contributed by atoms with Gasteiger partial charge < -0.3 is 15.7 Å². The highest BCUT2D eigenvalue weighted by atomic mass is 16.3. The zero-order valence-corrected chi connectivity index (χ0v) is 10.6. The van der Waals surface area contributed by atoms with E-state index in [1.165, 1.54) is 0 Å². The molecule has 0 fully saturated rings. The number of hydrogen-bond acceptors (Lipinski definition) is 3. The van der Waals surface area contributed by atoms with Crippen molar-refractivity contribution in [1.82, 2.24) is 4.90 Å². The Kier molecular flexibility index (Phi) is 4.37. The van der Waals surface area contributed by atoms with Crippen LogP contribution in [-0.2, 0) is 0 Å². The molecule has 0 heterocycles. The van der Waals surface area contributed by atoms with Crippen LogP contribution in [-0.4, -0.2) is 29.0 Å². The van der Waals surface area contributed by atoms with E-state index in [0.717, 1.165) is 12.8 Å². The molecule has 0 aliphatic heterocycles. The zero-order valence-electron chi connectivity index (χ0n) is 10.6. The molecular weight excluding hydrogens is 216 g/mol. The Morgan fingerprint density at radius 3 is 2.53 bits per heavy atom. The quantitative estimate of drug-likeness (QED) is 0.622. The van der Waals surface area contributed by atoms with E-state index < -0.39 is 0 Å². The van der Waals surface area contributed by atoms with Gasteiger partial charge in [0.05, 0.1) is 11.3 Å². The van der Waals surface area contributed by atoms with E-state index >= 15 is 0 Å². The molecule has 1 aromatic rings. The number of phenolic OH excluding ortho intramolecular Hbond substituents is 1. The summed E-state index contributed by atoms with van der Waals surface area (Å²) in [6, 6.07) is 5.02. The lowest BCUT2D eigenvalue weighted by molar-refractivity contribution is 0.0721. The minimum atomic E-state index is -0.191. The molecular formula is C13H20N2O2. The SMILES string of the molecule is CCC(CC)N(C)C(=O)c1cccc(N)c1O. The molecule has 0 saturated heterocycles. The van der Waals surface area contributed by atoms with Crippen LogP contribution in [0.2, 0.25) is 0 Å². The van der Waals surface area contributed by atoms with Gasteiger partial charge in [-0.2, -0.15) is 0 Å². The molecule has 0 bridgehead atoms. The average Bonchev–Trinajstić information content (AvgIpc) is 2.33. The number of rotatable bonds is 4. The van der Waals surface area contributed by atoms with Crippen molar-refractivity contribution in [3.05, 3.63) is 23.8 Å². The van der Waals surface area contributed by atoms with Crippen molar-refractivity contribution in [2.24, 2.45) is 0 Å². The van der Waals surface area contributed by atoms with Crippen molar-refractivity contribution in [2.45, 2.75) is 32.7 Å². The number of nitrogen functional groups attached to an aromatic ring is 1. The first-order valence-corrected chi connectivity index (χ1v) is 5.87. The lowest BCUT2D eigenvalue weighted by atomic mass is 10.1. The standard InChI is InChI=1S/C13H20N2O2/c1-4-9(5-2)15(3)13(17)10-7-6-8-11(14)12(10)16/h6-9,16H,4-5,14H2,1-3H3. The molecule has 0 aliphatic carbocycles. The van der Waals surface area contributed by atoms with Gasteiger partial charge in [0.25, 0.3) is 5.91 Å². The van der Waals surface area contributed by atoms with Crippen LogP contribution in [0.25, 0.3) is 0 Å². The fourth-order valence-electron chi connectivity index (χ4n) is 1.93. The predicted molar refractivity (Wildman–Crippen MR) is 69.0 cm³/mol. The Labute approximate surface area is 102 Å². The Bertz CT molecular complexity index is 400. The first-order valence-electron chi connectivity index (χ1n) is 5.87. The second-order valence-electron chi connectivity index (χ2n) is 4.13. The van der Waals surface area contributed by atoms with Crippen LogP contribution in [0.15, 0.2) is 18.2 Å². The number of aromatic hydroxyl groups is 1. The lowest BCUT2D eigenvalue weighted by Gasteiger charge is -2.26. The monoisotopic (exact) mass is 236 g/mol. The summed E-state index contributed by atoms with van der Waals surface area (Å²) in [5, 5.41) is 9.77. The molecule has 3 N–H and O–H groups in total. The summed E-state index contributed by atoms with van der Waals surface area (Å²) >= 11 is 0. The molecule has 0 radical (unpaired) electrons. The van der Waals surface area contributed by atoms with Gasteiger partial charge in [-0.3, -0.25) is 4.79 Å². The summed E-state index contributed by atoms with van der Waals surface area (Å²) < 4.78 is 0. The fraction of sp³-hybridized carbons (Fsp3) is 0.462. The molecule has 1 aromatic carbocycles. The first-order chi connectivity index (χ1) is 8.02. The Balaban J connectivity index is 3.00. The van der Waals surface area contributed by atoms with Crippen LogP contribution in [0.3, 0.4) is 0 Å². The van der Waals surface area contributed by atoms with Gasteiger partial charge in [-0.15, -0.1) is 0 Å². The van der Waals surface area contributed by atoms with Crippen molar-refractivity contribution in [3.63, 3.8) is 0 Å². The van der Waals surface area contributed by atoms with Crippen molar-refractivity contribution < 1.29 is 9.90 Å². The van der Waals surface area contributed by atoms with Crippen molar-refractivity contribution in [3.8, 4) is 5.75 Å². The van der Waals surface area contributed by atoms with E-state index in [9.17, 15) is 9.90 Å². The summed E-state index contributed by atoms with van der Waals surface area (Å²) in [5.41, 5.74) is 6.07. The number of carbonyl (C=O) groups is 1. The number of anilines is 1. The normalized spacial score (nSPS) is 10.6. The van der Waals surface area contributed by atoms with Crippen molar-refractivity contribution >= 4 is 11.6 Å². The number of nitrogens with two attached hydrogens (primary N) is 1. The number of phenols is 1. The third-order valence-corrected chi connectivity index (χ3v) is 3.11. The molecule has 94 valence electrons. The van der Waals surface area contributed by atoms with Gasteiger partial charge in [0.2, 0.25) is 0 Å². The van der Waals surface area contributed by atoms with Crippen molar-refractivity contribution in [2.75, 3.05) is 12.8 Å². The van der Waals surface area contributed by atoms with Gasteiger partial charge in [0, 0.05) is 13.1 Å². The number of amides is 1. The summed E-state index contributed by atoms with van der Waals surface area (Å²) in [7, 11) is 1.75. The third-order valence-electron chi connectivity index (χ3n) is 3.11. The molecule has 0 atom stereocenters. The molecule has 1 amide bonds. The molecule has 17 heavy (non-hydrogen) atoms. The van der Waals surface area contributed by atoms with E-state index in [1.54, 1.807) is 30.1 Å². The Morgan fingerprint density at radius 1 is 1.41 bits per heavy atom. The molecule has 1 rings (SSSR count). The average molecular weight is 236 g/mol. The molecule has 0 aliphatic rings. The number of nitrogens with zero attached hydrogens (tertiary/aromatic N) is 1. The van der Waals surface area contributed by atoms with Gasteiger partial charge in [-0.25, -0.2) is 0 Å². The highest BCUT2D eigenvalue weighted by molar-refractivity contribution is 5.98. The van der Waals surface area contributed by atoms with Crippen LogP contribution >= 0.6 is 0 Å². The van der Waals surface area contributed by atoms with Crippen LogP contribution in [0.4, 0.5) is 5.69 Å². The van der Waals surface area contributed by atoms with Gasteiger partial charge in [0.15, 0.2) is 5.75 Å². The molecule has 4 nitrogen and oxygen atoms in total. The smallest absolute Gasteiger partial charge is 0.257 e. The fourth-order valence-corrected chi connectivity index (χ4v) is 1.93. The van der Waals surface area contributed by atoms with E-state index in [1.807, 2.05) is 13.8 Å². The van der Waals surface area contributed by atoms with Crippen LogP contribution in [0.5, 0.6) is 5.75 Å². The van der Waals surface area contributed by atoms with E-state index in [-0.39, 0.29) is 28.9 Å². The van der Waals surface area contributed by atoms with E-state index in [0.29, 0.717) is 0 Å². The van der Waals surface area contributed by atoms with Gasteiger partial charge in [-0.1, -0.05) is 19.9 Å².